The fraction of sp³-hybridized carbons (Fsp3) is 0.846. The van der Waals surface area contributed by atoms with Gasteiger partial charge in [0.05, 0.1) is 17.8 Å². The van der Waals surface area contributed by atoms with E-state index in [1.165, 1.54) is 19.3 Å². The lowest BCUT2D eigenvalue weighted by Gasteiger charge is -2.31. The third kappa shape index (κ3) is 3.09. The van der Waals surface area contributed by atoms with Crippen LogP contribution < -0.4 is 5.32 Å². The van der Waals surface area contributed by atoms with Crippen LogP contribution in [0.1, 0.15) is 50.6 Å². The van der Waals surface area contributed by atoms with Gasteiger partial charge in [0.2, 0.25) is 0 Å². The summed E-state index contributed by atoms with van der Waals surface area (Å²) in [6.45, 7) is 1.38. The van der Waals surface area contributed by atoms with Gasteiger partial charge in [0.1, 0.15) is 0 Å². The van der Waals surface area contributed by atoms with Crippen LogP contribution in [0.4, 0.5) is 0 Å². The van der Waals surface area contributed by atoms with E-state index in [0.717, 1.165) is 37.9 Å². The summed E-state index contributed by atoms with van der Waals surface area (Å²) >= 11 is 0. The highest BCUT2D eigenvalue weighted by Gasteiger charge is 2.30. The molecule has 2 aliphatic rings. The van der Waals surface area contributed by atoms with E-state index in [4.69, 9.17) is 0 Å². The number of rotatable bonds is 5. The first-order chi connectivity index (χ1) is 8.73. The molecule has 0 aliphatic heterocycles. The Hall–Kier alpha value is -0.940. The van der Waals surface area contributed by atoms with E-state index in [1.807, 2.05) is 6.20 Å². The minimum atomic E-state index is -0.562. The molecule has 0 aromatic carbocycles. The van der Waals surface area contributed by atoms with E-state index >= 15 is 0 Å². The van der Waals surface area contributed by atoms with Gasteiger partial charge in [-0.25, -0.2) is 4.68 Å². The summed E-state index contributed by atoms with van der Waals surface area (Å²) < 4.78 is 1.80. The quantitative estimate of drug-likeness (QED) is 0.825. The molecule has 2 N–H and O–H groups in total. The van der Waals surface area contributed by atoms with Crippen LogP contribution in [0.25, 0.3) is 0 Å². The Morgan fingerprint density at radius 3 is 2.83 bits per heavy atom. The average molecular weight is 250 g/mol. The molecule has 1 heterocycles. The molecule has 0 atom stereocenters. The number of nitrogens with zero attached hydrogens (tertiary/aromatic N) is 3. The van der Waals surface area contributed by atoms with Gasteiger partial charge in [-0.05, 0) is 25.7 Å². The molecule has 1 aromatic rings. The molecule has 0 unspecified atom stereocenters. The maximum Gasteiger partial charge on any atom is 0.0964 e. The van der Waals surface area contributed by atoms with Crippen molar-refractivity contribution >= 4 is 0 Å². The zero-order valence-electron chi connectivity index (χ0n) is 10.8. The molecule has 0 radical (unpaired) electrons. The van der Waals surface area contributed by atoms with Crippen molar-refractivity contribution in [3.8, 4) is 0 Å². The standard InChI is InChI=1S/C13H22N4O/c18-13(6-2-1-3-7-13)10-17-9-12(15-16-17)8-14-11-4-5-11/h9,11,14,18H,1-8,10H2. The third-order valence-electron chi connectivity index (χ3n) is 3.98. The second-order valence-corrected chi connectivity index (χ2v) is 5.85. The molecule has 1 aromatic heterocycles. The summed E-state index contributed by atoms with van der Waals surface area (Å²) in [5.74, 6) is 0. The van der Waals surface area contributed by atoms with Gasteiger partial charge in [-0.2, -0.15) is 0 Å². The van der Waals surface area contributed by atoms with Crippen LogP contribution >= 0.6 is 0 Å². The molecule has 0 saturated heterocycles. The molecule has 18 heavy (non-hydrogen) atoms. The molecular weight excluding hydrogens is 228 g/mol. The lowest BCUT2D eigenvalue weighted by molar-refractivity contribution is -0.0146. The molecule has 2 saturated carbocycles. The minimum absolute atomic E-state index is 0.562. The van der Waals surface area contributed by atoms with Gasteiger partial charge in [0, 0.05) is 18.8 Å². The zero-order chi connectivity index (χ0) is 12.4. The monoisotopic (exact) mass is 250 g/mol. The van der Waals surface area contributed by atoms with E-state index in [0.29, 0.717) is 12.6 Å². The molecule has 2 fully saturated rings. The Balaban J connectivity index is 1.54. The summed E-state index contributed by atoms with van der Waals surface area (Å²) in [6.07, 6.45) is 9.81. The van der Waals surface area contributed by atoms with Gasteiger partial charge >= 0.3 is 0 Å². The van der Waals surface area contributed by atoms with Crippen molar-refractivity contribution in [2.45, 2.75) is 69.7 Å². The third-order valence-corrected chi connectivity index (χ3v) is 3.98. The molecule has 0 bridgehead atoms. The lowest BCUT2D eigenvalue weighted by Crippen LogP contribution is -2.36. The van der Waals surface area contributed by atoms with Crippen LogP contribution in [0, 0.1) is 0 Å². The van der Waals surface area contributed by atoms with Crippen LogP contribution in [-0.2, 0) is 13.1 Å². The van der Waals surface area contributed by atoms with E-state index in [9.17, 15) is 5.11 Å². The molecular formula is C13H22N4O. The molecule has 100 valence electrons. The van der Waals surface area contributed by atoms with Gasteiger partial charge < -0.3 is 10.4 Å². The van der Waals surface area contributed by atoms with E-state index < -0.39 is 5.60 Å². The predicted molar refractivity (Wildman–Crippen MR) is 67.9 cm³/mol. The summed E-state index contributed by atoms with van der Waals surface area (Å²) in [6, 6.07) is 0.692. The Labute approximate surface area is 108 Å². The van der Waals surface area contributed by atoms with Crippen LogP contribution in [-0.4, -0.2) is 31.7 Å². The average Bonchev–Trinajstić information content (AvgIpc) is 3.09. The maximum atomic E-state index is 10.5. The number of nitrogens with one attached hydrogen (secondary N) is 1. The topological polar surface area (TPSA) is 63.0 Å². The van der Waals surface area contributed by atoms with Crippen molar-refractivity contribution in [2.24, 2.45) is 0 Å². The lowest BCUT2D eigenvalue weighted by atomic mass is 9.85. The van der Waals surface area contributed by atoms with Crippen LogP contribution in [0.2, 0.25) is 0 Å². The van der Waals surface area contributed by atoms with Crippen LogP contribution in [0.5, 0.6) is 0 Å². The summed E-state index contributed by atoms with van der Waals surface area (Å²) in [5, 5.41) is 22.2. The van der Waals surface area contributed by atoms with Crippen molar-refractivity contribution in [1.82, 2.24) is 20.3 Å². The first-order valence-electron chi connectivity index (χ1n) is 7.08. The summed E-state index contributed by atoms with van der Waals surface area (Å²) in [4.78, 5) is 0. The van der Waals surface area contributed by atoms with E-state index in [-0.39, 0.29) is 0 Å². The van der Waals surface area contributed by atoms with Gasteiger partial charge in [0.15, 0.2) is 0 Å². The first-order valence-corrected chi connectivity index (χ1v) is 7.08. The van der Waals surface area contributed by atoms with Gasteiger partial charge in [-0.1, -0.05) is 24.5 Å². The highest BCUT2D eigenvalue weighted by Crippen LogP contribution is 2.29. The van der Waals surface area contributed by atoms with E-state index in [2.05, 4.69) is 15.6 Å². The first kappa shape index (κ1) is 12.1. The number of hydrogen-bond acceptors (Lipinski definition) is 4. The van der Waals surface area contributed by atoms with Crippen molar-refractivity contribution in [2.75, 3.05) is 0 Å². The number of aromatic nitrogens is 3. The fourth-order valence-electron chi connectivity index (χ4n) is 2.70. The predicted octanol–water partition coefficient (Wildman–Crippen LogP) is 1.23. The van der Waals surface area contributed by atoms with E-state index in [1.54, 1.807) is 4.68 Å². The minimum Gasteiger partial charge on any atom is -0.388 e. The fourth-order valence-corrected chi connectivity index (χ4v) is 2.70. The number of aliphatic hydroxyl groups is 1. The van der Waals surface area contributed by atoms with Crippen molar-refractivity contribution in [1.29, 1.82) is 0 Å². The normalized spacial score (nSPS) is 23.2. The molecule has 3 rings (SSSR count). The van der Waals surface area contributed by atoms with Crippen molar-refractivity contribution in [3.63, 3.8) is 0 Å². The Kier molecular flexibility index (Phi) is 3.35. The smallest absolute Gasteiger partial charge is 0.0964 e. The SMILES string of the molecule is OC1(Cn2cc(CNC3CC3)nn2)CCCCC1. The van der Waals surface area contributed by atoms with Gasteiger partial charge in [-0.3, -0.25) is 0 Å². The second kappa shape index (κ2) is 4.97. The highest BCUT2D eigenvalue weighted by molar-refractivity contribution is 4.95. The molecule has 5 nitrogen and oxygen atoms in total. The molecule has 0 amide bonds. The maximum absolute atomic E-state index is 10.5. The summed E-state index contributed by atoms with van der Waals surface area (Å²) in [7, 11) is 0. The Morgan fingerprint density at radius 2 is 2.11 bits per heavy atom. The molecule has 5 heteroatoms. The second-order valence-electron chi connectivity index (χ2n) is 5.85. The van der Waals surface area contributed by atoms with Crippen molar-refractivity contribution in [3.05, 3.63) is 11.9 Å². The molecule has 2 aliphatic carbocycles. The van der Waals surface area contributed by atoms with Gasteiger partial charge in [-0.15, -0.1) is 5.10 Å². The molecule has 0 spiro atoms. The van der Waals surface area contributed by atoms with Gasteiger partial charge in [0.25, 0.3) is 0 Å². The van der Waals surface area contributed by atoms with Crippen LogP contribution in [0.15, 0.2) is 6.20 Å². The summed E-state index contributed by atoms with van der Waals surface area (Å²) in [5.41, 5.74) is 0.411. The Bertz CT molecular complexity index is 393. The van der Waals surface area contributed by atoms with Crippen LogP contribution in [0.3, 0.4) is 0 Å². The zero-order valence-corrected chi connectivity index (χ0v) is 10.8. The van der Waals surface area contributed by atoms with Crippen molar-refractivity contribution < 1.29 is 5.11 Å². The number of hydrogen-bond donors (Lipinski definition) is 2. The highest BCUT2D eigenvalue weighted by atomic mass is 16.3. The Morgan fingerprint density at radius 1 is 1.33 bits per heavy atom. The largest absolute Gasteiger partial charge is 0.388 e.